The van der Waals surface area contributed by atoms with Crippen LogP contribution in [-0.4, -0.2) is 139 Å². The number of rotatable bonds is 20. The summed E-state index contributed by atoms with van der Waals surface area (Å²) in [6, 6.07) is 28.4. The smallest absolute Gasteiger partial charge is 0.240 e. The number of fused-ring (bicyclic) bond motifs is 20. The predicted molar refractivity (Wildman–Crippen MR) is 369 cm³/mol. The fraction of sp³-hybridized carbons (Fsp3) is 0.176. The first kappa shape index (κ1) is 67.7. The lowest BCUT2D eigenvalue weighted by molar-refractivity contribution is 0.450. The van der Waals surface area contributed by atoms with E-state index in [2.05, 4.69) is 28.9 Å². The molecule has 514 valence electrons. The molecule has 8 aromatic carbocycles. The van der Waals surface area contributed by atoms with Crippen LogP contribution in [0.15, 0.2) is 165 Å². The lowest BCUT2D eigenvalue weighted by Crippen LogP contribution is -2.34. The van der Waals surface area contributed by atoms with Gasteiger partial charge in [-0.1, -0.05) is 0 Å². The third kappa shape index (κ3) is 13.7. The number of sulfonamides is 4. The van der Waals surface area contributed by atoms with Crippen molar-refractivity contribution in [3.63, 3.8) is 0 Å². The predicted octanol–water partition coefficient (Wildman–Crippen LogP) is 8.15. The Labute approximate surface area is 570 Å². The Hall–Kier alpha value is -10.8. The standard InChI is InChI=1S/C68H62N12O16S4/c1-33(21-37-25-41(81)5-17-57(37)85)77-97(89,90)45-9-13-49-53(29-45)65-69-61(49)74-66-55-31-47(99(93,94)79-35(3)23-39-27-43(83)7-19-59(39)87)11-15-51(55)63(71-66)76-68-56-32-48(100(95,96)80-36(4)24-40-28-44(84)8-20-60(40)88)12-16-52(56)64(72-68)75-67-54-30-46(10-14-50(54)62(70-67)73-65)98(91,92)78-34(2)22-38-26-42(82)6-18-58(38)86/h5-20,25-36,77-88H,21-24H2,1-4H3,(H2,69,70,71,72,73,74,75,76). The van der Waals surface area contributed by atoms with Gasteiger partial charge in [0.2, 0.25) is 40.1 Å². The Morgan fingerprint density at radius 3 is 0.840 bits per heavy atom. The van der Waals surface area contributed by atoms with E-state index in [1.165, 1.54) is 146 Å². The van der Waals surface area contributed by atoms with Gasteiger partial charge in [-0.25, -0.2) is 82.5 Å². The van der Waals surface area contributed by atoms with Crippen molar-refractivity contribution in [2.24, 2.45) is 0 Å². The molecule has 2 aliphatic rings. The van der Waals surface area contributed by atoms with Crippen molar-refractivity contribution >= 4 is 84.2 Å². The highest BCUT2D eigenvalue weighted by Gasteiger charge is 2.30. The van der Waals surface area contributed by atoms with E-state index in [1.54, 1.807) is 27.7 Å². The molecule has 13 rings (SSSR count). The summed E-state index contributed by atoms with van der Waals surface area (Å²) >= 11 is 0. The van der Waals surface area contributed by atoms with E-state index in [9.17, 15) is 74.5 Å². The third-order valence-corrected chi connectivity index (χ3v) is 23.1. The molecule has 0 saturated heterocycles. The molecule has 4 unspecified atom stereocenters. The number of aromatic hydroxyl groups is 8. The van der Waals surface area contributed by atoms with Gasteiger partial charge in [-0.3, -0.25) is 0 Å². The number of nitrogens with zero attached hydrogens (tertiary/aromatic N) is 6. The maximum Gasteiger partial charge on any atom is 0.240 e. The summed E-state index contributed by atoms with van der Waals surface area (Å²) in [6.45, 7) is 6.27. The van der Waals surface area contributed by atoms with Crippen molar-refractivity contribution in [3.8, 4) is 91.5 Å². The topological polar surface area (TPSA) is 455 Å². The van der Waals surface area contributed by atoms with Crippen molar-refractivity contribution in [1.82, 2.24) is 58.8 Å². The molecule has 3 aromatic heterocycles. The van der Waals surface area contributed by atoms with Gasteiger partial charge in [-0.05, 0) is 221 Å². The van der Waals surface area contributed by atoms with Crippen LogP contribution in [0.2, 0.25) is 0 Å². The van der Waals surface area contributed by atoms with Gasteiger partial charge in [-0.2, -0.15) is 0 Å². The van der Waals surface area contributed by atoms with Gasteiger partial charge in [-0.15, -0.1) is 0 Å². The molecule has 0 amide bonds. The second-order valence-corrected chi connectivity index (χ2v) is 31.5. The Morgan fingerprint density at radius 2 is 0.550 bits per heavy atom. The number of benzene rings is 8. The van der Waals surface area contributed by atoms with Crippen molar-refractivity contribution < 1.29 is 74.5 Å². The third-order valence-electron chi connectivity index (χ3n) is 16.7. The second kappa shape index (κ2) is 25.8. The zero-order valence-corrected chi connectivity index (χ0v) is 56.4. The highest BCUT2D eigenvalue weighted by Crippen LogP contribution is 2.41. The number of hydrogen-bond acceptors (Lipinski definition) is 22. The van der Waals surface area contributed by atoms with Crippen LogP contribution in [0.25, 0.3) is 89.7 Å². The molecule has 4 atom stereocenters. The fourth-order valence-corrected chi connectivity index (χ4v) is 17.2. The highest BCUT2D eigenvalue weighted by molar-refractivity contribution is 7.90. The van der Waals surface area contributed by atoms with Gasteiger partial charge >= 0.3 is 0 Å². The largest absolute Gasteiger partial charge is 0.508 e. The van der Waals surface area contributed by atoms with Crippen molar-refractivity contribution in [2.45, 2.75) is 97.1 Å². The number of aromatic nitrogens is 8. The Morgan fingerprint density at radius 1 is 0.300 bits per heavy atom. The van der Waals surface area contributed by atoms with E-state index in [-0.39, 0.29) is 203 Å². The molecule has 0 aliphatic carbocycles. The Kier molecular flexibility index (Phi) is 17.5. The van der Waals surface area contributed by atoms with E-state index in [0.29, 0.717) is 0 Å². The van der Waals surface area contributed by atoms with Crippen molar-refractivity contribution in [2.75, 3.05) is 0 Å². The van der Waals surface area contributed by atoms with Crippen LogP contribution >= 0.6 is 0 Å². The first-order valence-corrected chi connectivity index (χ1v) is 36.8. The van der Waals surface area contributed by atoms with E-state index in [0.717, 1.165) is 0 Å². The lowest BCUT2D eigenvalue weighted by Gasteiger charge is -2.16. The van der Waals surface area contributed by atoms with E-state index < -0.39 is 64.3 Å². The zero-order chi connectivity index (χ0) is 71.1. The van der Waals surface area contributed by atoms with Gasteiger partial charge in [0.1, 0.15) is 68.6 Å². The van der Waals surface area contributed by atoms with Gasteiger partial charge in [0.15, 0.2) is 23.3 Å². The zero-order valence-electron chi connectivity index (χ0n) is 53.2. The Balaban J connectivity index is 1.01. The van der Waals surface area contributed by atoms with Crippen LogP contribution in [-0.2, 0) is 65.8 Å². The summed E-state index contributed by atoms with van der Waals surface area (Å²) in [7, 11) is -17.7. The molecule has 11 aromatic rings. The van der Waals surface area contributed by atoms with Gasteiger partial charge in [0.25, 0.3) is 0 Å². The van der Waals surface area contributed by atoms with Crippen LogP contribution in [0.5, 0.6) is 46.0 Å². The first-order valence-electron chi connectivity index (χ1n) is 30.9. The molecule has 0 radical (unpaired) electrons. The molecular formula is C68H62N12O16S4. The minimum absolute atomic E-state index is 0.000737. The second-order valence-electron chi connectivity index (χ2n) is 24.6. The highest BCUT2D eigenvalue weighted by atomic mass is 32.2. The molecule has 2 aliphatic heterocycles. The van der Waals surface area contributed by atoms with Gasteiger partial charge in [0, 0.05) is 68.0 Å². The molecule has 100 heavy (non-hydrogen) atoms. The molecule has 0 saturated carbocycles. The summed E-state index contributed by atoms with van der Waals surface area (Å²) < 4.78 is 126. The normalized spacial score (nSPS) is 13.8. The molecule has 8 bridgehead atoms. The van der Waals surface area contributed by atoms with Crippen LogP contribution in [0.4, 0.5) is 0 Å². The number of H-pyrrole nitrogens is 2. The monoisotopic (exact) mass is 1430 g/mol. The van der Waals surface area contributed by atoms with E-state index >= 15 is 0 Å². The van der Waals surface area contributed by atoms with Crippen molar-refractivity contribution in [3.05, 3.63) is 168 Å². The summed E-state index contributed by atoms with van der Waals surface area (Å²) in [5.74, 6) is -1.71. The number of phenolic OH excluding ortho intramolecular Hbond substituents is 8. The molecule has 28 nitrogen and oxygen atoms in total. The van der Waals surface area contributed by atoms with E-state index in [1.807, 2.05) is 0 Å². The number of hydrogen-bond donors (Lipinski definition) is 14. The average Bonchev–Trinajstić information content (AvgIpc) is 1.59. The van der Waals surface area contributed by atoms with Crippen LogP contribution in [0, 0.1) is 0 Å². The van der Waals surface area contributed by atoms with Crippen LogP contribution in [0.3, 0.4) is 0 Å². The van der Waals surface area contributed by atoms with Crippen LogP contribution < -0.4 is 18.9 Å². The minimum Gasteiger partial charge on any atom is -0.508 e. The first-order chi connectivity index (χ1) is 47.3. The Bertz CT molecular complexity index is 5520. The van der Waals surface area contributed by atoms with Gasteiger partial charge in [0.05, 0.1) is 19.6 Å². The number of nitrogens with one attached hydrogen (secondary N) is 6. The molecule has 0 spiro atoms. The van der Waals surface area contributed by atoms with E-state index in [4.69, 9.17) is 29.9 Å². The van der Waals surface area contributed by atoms with Crippen LogP contribution in [0.1, 0.15) is 49.9 Å². The number of aromatic amines is 2. The summed E-state index contributed by atoms with van der Waals surface area (Å²) in [5, 5.41) is 83.6. The maximum absolute atomic E-state index is 14.4. The van der Waals surface area contributed by atoms with Gasteiger partial charge < -0.3 is 50.8 Å². The summed E-state index contributed by atoms with van der Waals surface area (Å²) in [6.07, 6.45) is -0.141. The molecule has 14 N–H and O–H groups in total. The summed E-state index contributed by atoms with van der Waals surface area (Å²) in [4.78, 5) is 35.1. The molecule has 0 fully saturated rings. The molecular weight excluding hydrogens is 1370 g/mol. The summed E-state index contributed by atoms with van der Waals surface area (Å²) in [5.41, 5.74) is 1.62. The lowest BCUT2D eigenvalue weighted by atomic mass is 10.1. The SMILES string of the molecule is CC(Cc1cc(O)ccc1O)NS(=O)(=O)c1ccc2c(c1)-c1nc-2nc2[nH]c(nc3nc(nc4[nH]c(n1)c1ccc(S(=O)(=O)NC(C)Cc5cc(O)ccc5O)cc41)-c1ccc(S(=O)(=O)NC(C)Cc4cc(O)ccc4O)cc1-3)c1ccc(S(=O)(=O)NC(C)Cc3cc(O)ccc3O)cc21. The van der Waals surface area contributed by atoms with Crippen molar-refractivity contribution in [1.29, 1.82) is 0 Å². The fourth-order valence-electron chi connectivity index (χ4n) is 12.1. The molecule has 5 heterocycles. The number of phenols is 8. The average molecular weight is 1430 g/mol. The quantitative estimate of drug-likeness (QED) is 0.0320. The minimum atomic E-state index is -4.43. The maximum atomic E-state index is 14.4. The molecule has 32 heteroatoms.